The van der Waals surface area contributed by atoms with Gasteiger partial charge in [-0.2, -0.15) is 9.41 Å². The fourth-order valence-electron chi connectivity index (χ4n) is 7.37. The topological polar surface area (TPSA) is 240 Å². The molecule has 0 saturated carbocycles. The number of sulfone groups is 1. The Morgan fingerprint density at radius 2 is 1.37 bits per heavy atom. The van der Waals surface area contributed by atoms with Crippen LogP contribution in [0.4, 0.5) is 9.59 Å². The maximum Gasteiger partial charge on any atom is 0.410 e. The number of nitrogens with two attached hydrogens (primary N) is 1. The molecule has 1 aliphatic heterocycles. The van der Waals surface area contributed by atoms with E-state index < -0.39 is 52.6 Å². The van der Waals surface area contributed by atoms with Crippen LogP contribution < -0.4 is 25.4 Å². The highest BCUT2D eigenvalue weighted by Crippen LogP contribution is 2.44. The van der Waals surface area contributed by atoms with Crippen LogP contribution in [0.25, 0.3) is 22.5 Å². The molecule has 68 heavy (non-hydrogen) atoms. The average molecular weight is 966 g/mol. The zero-order chi connectivity index (χ0) is 48.8. The highest BCUT2D eigenvalue weighted by Gasteiger charge is 2.46. The van der Waals surface area contributed by atoms with Crippen LogP contribution in [0.3, 0.4) is 0 Å². The number of carbonyl (C=O) groups excluding carboxylic acids is 2. The number of nitrogens with one attached hydrogen (secondary N) is 1. The molecule has 3 amide bonds. The van der Waals surface area contributed by atoms with E-state index in [0.29, 0.717) is 45.1 Å². The number of ether oxygens (including phenoxy) is 4. The summed E-state index contributed by atoms with van der Waals surface area (Å²) in [6, 6.07) is 29.4. The van der Waals surface area contributed by atoms with Crippen molar-refractivity contribution in [3.8, 4) is 39.8 Å². The van der Waals surface area contributed by atoms with Gasteiger partial charge in [-0.05, 0) is 113 Å². The number of sulfonamides is 1. The Morgan fingerprint density at radius 1 is 0.809 bits per heavy atom. The van der Waals surface area contributed by atoms with Gasteiger partial charge in [0.05, 0.1) is 44.5 Å². The number of tetrazole rings is 1. The molecule has 1 saturated heterocycles. The van der Waals surface area contributed by atoms with E-state index in [-0.39, 0.29) is 49.7 Å². The molecular formula is C47H51N9O10S2. The Labute approximate surface area is 394 Å². The van der Waals surface area contributed by atoms with Crippen LogP contribution >= 0.6 is 0 Å². The first-order valence-corrected chi connectivity index (χ1v) is 24.1. The summed E-state index contributed by atoms with van der Waals surface area (Å²) >= 11 is 0. The minimum Gasteiger partial charge on any atom is -0.497 e. The van der Waals surface area contributed by atoms with Crippen molar-refractivity contribution in [2.45, 2.75) is 61.0 Å². The lowest BCUT2D eigenvalue weighted by Crippen LogP contribution is -2.57. The molecular weight excluding hydrogens is 915 g/mol. The lowest BCUT2D eigenvalue weighted by atomic mass is 9.97. The predicted octanol–water partition coefficient (Wildman–Crippen LogP) is 5.87. The van der Waals surface area contributed by atoms with Crippen LogP contribution in [0.1, 0.15) is 43.0 Å². The summed E-state index contributed by atoms with van der Waals surface area (Å²) in [6.45, 7) is 4.18. The molecule has 7 rings (SSSR count). The molecule has 0 spiro atoms. The fraction of sp³-hybridized carbons (Fsp3) is 0.277. The van der Waals surface area contributed by atoms with E-state index in [2.05, 4.69) is 26.1 Å². The van der Waals surface area contributed by atoms with E-state index >= 15 is 16.8 Å². The second-order valence-electron chi connectivity index (χ2n) is 16.7. The van der Waals surface area contributed by atoms with Gasteiger partial charge in [-0.3, -0.25) is 0 Å². The number of aromatic nitrogens is 4. The normalized spacial score (nSPS) is 13.3. The van der Waals surface area contributed by atoms with Crippen molar-refractivity contribution in [3.63, 3.8) is 0 Å². The number of nitrogens with zero attached hydrogens (tertiary/aromatic N) is 7. The number of hydrogen-bond acceptors (Lipinski definition) is 14. The predicted molar refractivity (Wildman–Crippen MR) is 252 cm³/mol. The summed E-state index contributed by atoms with van der Waals surface area (Å²) in [5.74, 6) is 1.62. The maximum atomic E-state index is 16.2. The van der Waals surface area contributed by atoms with Gasteiger partial charge in [0.2, 0.25) is 10.0 Å². The molecule has 6 aromatic rings. The number of hydrazone groups is 1. The summed E-state index contributed by atoms with van der Waals surface area (Å²) in [4.78, 5) is 24.7. The van der Waals surface area contributed by atoms with Crippen molar-refractivity contribution >= 4 is 38.2 Å². The van der Waals surface area contributed by atoms with Gasteiger partial charge in [-0.1, -0.05) is 60.7 Å². The SMILES string of the molecule is COc1ccc(CN(Cc2ccc(OC)cc2)S(=O)(=O)c2c(S(=O)(=O)C3CN(C(=O)OC(C)(C)C)C3)ccc(-c3cccc(/C=N/NC(N)=O)c3)c2-c2nnnn2Cc2ccc(OC)cc2)cc1. The third kappa shape index (κ3) is 11.1. The Balaban J connectivity index is 1.50. The number of hydrogen-bond donors (Lipinski definition) is 2. The molecule has 2 heterocycles. The first-order valence-electron chi connectivity index (χ1n) is 21.1. The second kappa shape index (κ2) is 20.2. The van der Waals surface area contributed by atoms with E-state index in [1.807, 2.05) is 0 Å². The van der Waals surface area contributed by atoms with Crippen LogP contribution in [0.15, 0.2) is 124 Å². The molecule has 0 bridgehead atoms. The van der Waals surface area contributed by atoms with Gasteiger partial charge in [0.15, 0.2) is 15.7 Å². The molecule has 5 aromatic carbocycles. The molecule has 0 aliphatic carbocycles. The number of likely N-dealkylation sites (tertiary alicyclic amines) is 1. The largest absolute Gasteiger partial charge is 0.497 e. The number of amides is 3. The molecule has 0 unspecified atom stereocenters. The van der Waals surface area contributed by atoms with E-state index in [9.17, 15) is 9.59 Å². The third-order valence-corrected chi connectivity index (χ3v) is 15.0. The Hall–Kier alpha value is -7.36. The lowest BCUT2D eigenvalue weighted by molar-refractivity contribution is 0.0139. The van der Waals surface area contributed by atoms with Gasteiger partial charge in [0.25, 0.3) is 0 Å². The molecule has 19 nitrogen and oxygen atoms in total. The maximum absolute atomic E-state index is 16.2. The van der Waals surface area contributed by atoms with Crippen molar-refractivity contribution in [3.05, 3.63) is 131 Å². The molecule has 21 heteroatoms. The fourth-order valence-corrected chi connectivity index (χ4v) is 11.4. The number of rotatable bonds is 17. The Morgan fingerprint density at radius 3 is 1.90 bits per heavy atom. The van der Waals surface area contributed by atoms with Crippen molar-refractivity contribution in [1.82, 2.24) is 34.8 Å². The monoisotopic (exact) mass is 965 g/mol. The number of primary amides is 1. The van der Waals surface area contributed by atoms with Gasteiger partial charge in [0, 0.05) is 26.2 Å². The second-order valence-corrected chi connectivity index (χ2v) is 20.8. The molecule has 3 N–H and O–H groups in total. The van der Waals surface area contributed by atoms with Crippen molar-refractivity contribution in [1.29, 1.82) is 0 Å². The lowest BCUT2D eigenvalue weighted by Gasteiger charge is -2.39. The number of methoxy groups -OCH3 is 3. The number of carbonyl (C=O) groups is 2. The summed E-state index contributed by atoms with van der Waals surface area (Å²) in [5, 5.41) is 15.4. The highest BCUT2D eigenvalue weighted by atomic mass is 32.2. The van der Waals surface area contributed by atoms with Crippen molar-refractivity contribution in [2.24, 2.45) is 10.8 Å². The first-order chi connectivity index (χ1) is 32.4. The summed E-state index contributed by atoms with van der Waals surface area (Å²) in [7, 11) is -4.98. The number of benzene rings is 5. The van der Waals surface area contributed by atoms with E-state index in [1.54, 1.807) is 125 Å². The van der Waals surface area contributed by atoms with Crippen LogP contribution in [-0.4, -0.2) is 110 Å². The minimum absolute atomic E-state index is 0.0304. The van der Waals surface area contributed by atoms with Crippen molar-refractivity contribution < 1.29 is 45.4 Å². The zero-order valence-electron chi connectivity index (χ0n) is 38.2. The summed E-state index contributed by atoms with van der Waals surface area (Å²) < 4.78 is 87.1. The van der Waals surface area contributed by atoms with E-state index in [4.69, 9.17) is 24.7 Å². The molecule has 0 radical (unpaired) electrons. The van der Waals surface area contributed by atoms with Gasteiger partial charge in [-0.25, -0.2) is 36.5 Å². The van der Waals surface area contributed by atoms with E-state index in [0.717, 1.165) is 0 Å². The van der Waals surface area contributed by atoms with E-state index in [1.165, 1.54) is 46.5 Å². The van der Waals surface area contributed by atoms with Crippen molar-refractivity contribution in [2.75, 3.05) is 34.4 Å². The van der Waals surface area contributed by atoms with Crippen LogP contribution in [0.2, 0.25) is 0 Å². The van der Waals surface area contributed by atoms with Gasteiger partial charge in [0.1, 0.15) is 33.0 Å². The minimum atomic E-state index is -4.96. The molecule has 1 fully saturated rings. The quantitative estimate of drug-likeness (QED) is 0.0805. The smallest absolute Gasteiger partial charge is 0.410 e. The van der Waals surface area contributed by atoms with Gasteiger partial charge in [-0.15, -0.1) is 5.10 Å². The molecule has 356 valence electrons. The third-order valence-electron chi connectivity index (χ3n) is 10.8. The number of urea groups is 1. The molecule has 1 aromatic heterocycles. The Kier molecular flexibility index (Phi) is 14.5. The summed E-state index contributed by atoms with van der Waals surface area (Å²) in [6.07, 6.45) is 0.640. The van der Waals surface area contributed by atoms with Gasteiger partial charge < -0.3 is 29.6 Å². The standard InChI is InChI=1S/C47H51N9O10S2/c1-47(2,3)66-46(58)54-29-39(30-54)67(59,60)41-23-22-40(35-9-7-8-34(24-35)25-49-51-45(48)57)42(44-50-52-53-56(44)28-33-14-20-38(65-6)21-15-33)43(41)68(61,62)55(26-31-10-16-36(63-4)17-11-31)27-32-12-18-37(64-5)19-13-32/h7-25,39H,26-30H2,1-6H3,(H3,48,51,57)/b49-25+. The summed E-state index contributed by atoms with van der Waals surface area (Å²) in [5.41, 5.74) is 9.40. The van der Waals surface area contributed by atoms with Crippen LogP contribution in [0, 0.1) is 0 Å². The average Bonchev–Trinajstić information content (AvgIpc) is 3.75. The van der Waals surface area contributed by atoms with Crippen LogP contribution in [-0.2, 0) is 44.2 Å². The molecule has 1 aliphatic rings. The first kappa shape index (κ1) is 48.6. The van der Waals surface area contributed by atoms with Gasteiger partial charge >= 0.3 is 12.1 Å². The molecule has 0 atom stereocenters. The highest BCUT2D eigenvalue weighted by molar-refractivity contribution is 7.94. The zero-order valence-corrected chi connectivity index (χ0v) is 39.8. The Bertz CT molecular complexity index is 2970. The van der Waals surface area contributed by atoms with Crippen LogP contribution in [0.5, 0.6) is 17.2 Å².